The average Bonchev–Trinajstić information content (AvgIpc) is 2.64. The van der Waals surface area contributed by atoms with Gasteiger partial charge < -0.3 is 10.2 Å². The maximum Gasteiger partial charge on any atom is 0.282 e. The van der Waals surface area contributed by atoms with E-state index in [2.05, 4.69) is 20.2 Å². The number of anilines is 1. The number of nitrogens with two attached hydrogens (primary N) is 1. The van der Waals surface area contributed by atoms with Crippen molar-refractivity contribution < 1.29 is 4.42 Å². The summed E-state index contributed by atoms with van der Waals surface area (Å²) in [5.41, 5.74) is 6.67. The standard InChI is InChI=1S/C9H11N5OS/c1-3-6-7(10)11-4-12-8(6)16-9-14-13-5(2)15-9/h4H,3H2,1-2H3,(H2,10,11,12). The Morgan fingerprint density at radius 3 is 2.81 bits per heavy atom. The Bertz CT molecular complexity index is 498. The number of aryl methyl sites for hydroxylation is 1. The van der Waals surface area contributed by atoms with Crippen LogP contribution in [-0.4, -0.2) is 20.2 Å². The predicted octanol–water partition coefficient (Wildman–Crippen LogP) is 1.46. The molecule has 0 saturated carbocycles. The maximum absolute atomic E-state index is 5.76. The molecule has 0 atom stereocenters. The van der Waals surface area contributed by atoms with Crippen molar-refractivity contribution in [3.8, 4) is 0 Å². The molecular weight excluding hydrogens is 226 g/mol. The van der Waals surface area contributed by atoms with Crippen LogP contribution < -0.4 is 5.73 Å². The van der Waals surface area contributed by atoms with Crippen molar-refractivity contribution in [3.63, 3.8) is 0 Å². The van der Waals surface area contributed by atoms with Crippen LogP contribution in [0.25, 0.3) is 0 Å². The smallest absolute Gasteiger partial charge is 0.282 e. The number of nitrogen functional groups attached to an aromatic ring is 1. The molecule has 6 nitrogen and oxygen atoms in total. The number of aromatic nitrogens is 4. The van der Waals surface area contributed by atoms with Gasteiger partial charge >= 0.3 is 0 Å². The van der Waals surface area contributed by atoms with Gasteiger partial charge in [0, 0.05) is 12.5 Å². The van der Waals surface area contributed by atoms with Crippen molar-refractivity contribution in [2.24, 2.45) is 0 Å². The summed E-state index contributed by atoms with van der Waals surface area (Å²) in [5, 5.41) is 8.87. The molecule has 84 valence electrons. The van der Waals surface area contributed by atoms with Crippen LogP contribution in [0.3, 0.4) is 0 Å². The number of rotatable bonds is 3. The third-order valence-electron chi connectivity index (χ3n) is 1.98. The first-order valence-corrected chi connectivity index (χ1v) is 5.59. The van der Waals surface area contributed by atoms with Crippen LogP contribution in [-0.2, 0) is 6.42 Å². The molecule has 0 aromatic carbocycles. The van der Waals surface area contributed by atoms with E-state index < -0.39 is 0 Å². The molecule has 0 radical (unpaired) electrons. The van der Waals surface area contributed by atoms with Crippen molar-refractivity contribution in [2.45, 2.75) is 30.5 Å². The molecule has 0 unspecified atom stereocenters. The summed E-state index contributed by atoms with van der Waals surface area (Å²) < 4.78 is 5.27. The topological polar surface area (TPSA) is 90.7 Å². The van der Waals surface area contributed by atoms with Gasteiger partial charge in [-0.25, -0.2) is 9.97 Å². The van der Waals surface area contributed by atoms with E-state index in [1.807, 2.05) is 6.92 Å². The molecule has 16 heavy (non-hydrogen) atoms. The predicted molar refractivity (Wildman–Crippen MR) is 59.0 cm³/mol. The van der Waals surface area contributed by atoms with Crippen LogP contribution in [0.2, 0.25) is 0 Å². The lowest BCUT2D eigenvalue weighted by atomic mass is 10.2. The lowest BCUT2D eigenvalue weighted by molar-refractivity contribution is 0.429. The second-order valence-corrected chi connectivity index (χ2v) is 4.03. The lowest BCUT2D eigenvalue weighted by Gasteiger charge is -2.05. The fourth-order valence-electron chi connectivity index (χ4n) is 1.23. The molecule has 0 amide bonds. The first-order valence-electron chi connectivity index (χ1n) is 4.78. The molecule has 0 aliphatic rings. The Morgan fingerprint density at radius 2 is 2.19 bits per heavy atom. The summed E-state index contributed by atoms with van der Waals surface area (Å²) in [6.07, 6.45) is 2.20. The van der Waals surface area contributed by atoms with Gasteiger partial charge in [-0.1, -0.05) is 6.92 Å². The highest BCUT2D eigenvalue weighted by atomic mass is 32.2. The largest absolute Gasteiger partial charge is 0.416 e. The molecule has 2 aromatic rings. The number of nitrogens with zero attached hydrogens (tertiary/aromatic N) is 4. The molecule has 7 heteroatoms. The Hall–Kier alpha value is -1.63. The summed E-state index contributed by atoms with van der Waals surface area (Å²) in [5.74, 6) is 1.03. The summed E-state index contributed by atoms with van der Waals surface area (Å²) in [6, 6.07) is 0. The van der Waals surface area contributed by atoms with E-state index in [0.717, 1.165) is 17.0 Å². The SMILES string of the molecule is CCc1c(N)ncnc1Sc1nnc(C)o1. The zero-order valence-electron chi connectivity index (χ0n) is 8.97. The van der Waals surface area contributed by atoms with E-state index in [4.69, 9.17) is 10.2 Å². The summed E-state index contributed by atoms with van der Waals surface area (Å²) in [4.78, 5) is 8.10. The van der Waals surface area contributed by atoms with E-state index in [-0.39, 0.29) is 0 Å². The first kappa shape index (κ1) is 10.9. The molecule has 0 aliphatic carbocycles. The van der Waals surface area contributed by atoms with Gasteiger partial charge in [0.2, 0.25) is 5.89 Å². The minimum absolute atomic E-state index is 0.463. The van der Waals surface area contributed by atoms with Gasteiger partial charge in [0.1, 0.15) is 17.2 Å². The van der Waals surface area contributed by atoms with Gasteiger partial charge in [-0.3, -0.25) is 0 Å². The highest BCUT2D eigenvalue weighted by molar-refractivity contribution is 7.99. The van der Waals surface area contributed by atoms with Gasteiger partial charge in [-0.15, -0.1) is 10.2 Å². The zero-order valence-corrected chi connectivity index (χ0v) is 9.78. The molecule has 2 rings (SSSR count). The lowest BCUT2D eigenvalue weighted by Crippen LogP contribution is -2.00. The van der Waals surface area contributed by atoms with E-state index in [1.54, 1.807) is 6.92 Å². The third-order valence-corrected chi connectivity index (χ3v) is 2.87. The fraction of sp³-hybridized carbons (Fsp3) is 0.333. The highest BCUT2D eigenvalue weighted by Gasteiger charge is 2.12. The summed E-state index contributed by atoms with van der Waals surface area (Å²) >= 11 is 1.30. The van der Waals surface area contributed by atoms with Crippen LogP contribution in [0.15, 0.2) is 21.0 Å². The van der Waals surface area contributed by atoms with Crippen molar-refractivity contribution in [3.05, 3.63) is 17.8 Å². The van der Waals surface area contributed by atoms with Crippen molar-refractivity contribution in [1.29, 1.82) is 0 Å². The van der Waals surface area contributed by atoms with Crippen molar-refractivity contribution in [2.75, 3.05) is 5.73 Å². The fourth-order valence-corrected chi connectivity index (χ4v) is 2.11. The van der Waals surface area contributed by atoms with E-state index >= 15 is 0 Å². The Morgan fingerprint density at radius 1 is 1.38 bits per heavy atom. The normalized spacial score (nSPS) is 10.6. The van der Waals surface area contributed by atoms with E-state index in [9.17, 15) is 0 Å². The Kier molecular flexibility index (Phi) is 3.04. The van der Waals surface area contributed by atoms with Crippen molar-refractivity contribution in [1.82, 2.24) is 20.2 Å². The molecule has 0 fully saturated rings. The van der Waals surface area contributed by atoms with E-state index in [1.165, 1.54) is 18.1 Å². The number of hydrogen-bond acceptors (Lipinski definition) is 7. The van der Waals surface area contributed by atoms with Crippen LogP contribution >= 0.6 is 11.8 Å². The molecule has 2 aromatic heterocycles. The Balaban J connectivity index is 2.30. The van der Waals surface area contributed by atoms with Crippen LogP contribution in [0.1, 0.15) is 18.4 Å². The van der Waals surface area contributed by atoms with Gasteiger partial charge in [0.05, 0.1) is 0 Å². The molecule has 0 saturated heterocycles. The second kappa shape index (κ2) is 4.48. The molecule has 0 spiro atoms. The second-order valence-electron chi connectivity index (χ2n) is 3.09. The highest BCUT2D eigenvalue weighted by Crippen LogP contribution is 2.29. The van der Waals surface area contributed by atoms with Gasteiger partial charge in [-0.2, -0.15) is 0 Å². The van der Waals surface area contributed by atoms with Gasteiger partial charge in [0.15, 0.2) is 0 Å². The minimum atomic E-state index is 0.463. The molecule has 0 bridgehead atoms. The maximum atomic E-state index is 5.76. The van der Waals surface area contributed by atoms with Crippen molar-refractivity contribution >= 4 is 17.6 Å². The Labute approximate surface area is 96.7 Å². The summed E-state index contributed by atoms with van der Waals surface area (Å²) in [7, 11) is 0. The summed E-state index contributed by atoms with van der Waals surface area (Å²) in [6.45, 7) is 3.74. The molecule has 2 N–H and O–H groups in total. The van der Waals surface area contributed by atoms with Crippen LogP contribution in [0.4, 0.5) is 5.82 Å². The quantitative estimate of drug-likeness (QED) is 0.808. The zero-order chi connectivity index (χ0) is 11.5. The third kappa shape index (κ3) is 2.13. The van der Waals surface area contributed by atoms with E-state index in [0.29, 0.717) is 16.9 Å². The van der Waals surface area contributed by atoms with Crippen LogP contribution in [0.5, 0.6) is 0 Å². The average molecular weight is 237 g/mol. The molecule has 0 aliphatic heterocycles. The molecule has 2 heterocycles. The molecular formula is C9H11N5OS. The van der Waals surface area contributed by atoms with Gasteiger partial charge in [-0.05, 0) is 18.2 Å². The van der Waals surface area contributed by atoms with Gasteiger partial charge in [0.25, 0.3) is 5.22 Å². The van der Waals surface area contributed by atoms with Crippen LogP contribution in [0, 0.1) is 6.92 Å². The minimum Gasteiger partial charge on any atom is -0.416 e. The monoisotopic (exact) mass is 237 g/mol. The first-order chi connectivity index (χ1) is 7.70. The number of hydrogen-bond donors (Lipinski definition) is 1.